The van der Waals surface area contributed by atoms with Crippen LogP contribution in [0.4, 0.5) is 0 Å². The number of fused-ring (bicyclic) bond motifs is 1. The first-order valence-electron chi connectivity index (χ1n) is 6.94. The molecule has 2 aromatic heterocycles. The molecule has 1 atom stereocenters. The zero-order valence-electron chi connectivity index (χ0n) is 12.5. The number of carboxylic acid groups (broad SMARTS) is 1. The Kier molecular flexibility index (Phi) is 4.60. The summed E-state index contributed by atoms with van der Waals surface area (Å²) in [5.74, 6) is -1.02. The topological polar surface area (TPSA) is 112 Å². The average molecular weight is 323 g/mol. The fourth-order valence-electron chi connectivity index (χ4n) is 2.13. The van der Waals surface area contributed by atoms with E-state index in [9.17, 15) is 14.4 Å². The molecular weight excluding hydrogens is 306 g/mol. The number of carboxylic acids is 1. The highest BCUT2D eigenvalue weighted by atomic mass is 32.1. The van der Waals surface area contributed by atoms with Gasteiger partial charge >= 0.3 is 5.97 Å². The molecule has 0 aliphatic heterocycles. The summed E-state index contributed by atoms with van der Waals surface area (Å²) in [5, 5.41) is 11.9. The Hall–Kier alpha value is -2.22. The monoisotopic (exact) mass is 323 g/mol. The van der Waals surface area contributed by atoms with Gasteiger partial charge in [0.05, 0.1) is 10.3 Å². The normalized spacial score (nSPS) is 12.3. The maximum atomic E-state index is 12.3. The molecule has 0 fully saturated rings. The molecule has 0 aromatic carbocycles. The third-order valence-corrected chi connectivity index (χ3v) is 4.59. The lowest BCUT2D eigenvalue weighted by atomic mass is 10.2. The van der Waals surface area contributed by atoms with Gasteiger partial charge in [0.1, 0.15) is 16.7 Å². The van der Waals surface area contributed by atoms with E-state index in [0.717, 1.165) is 11.3 Å². The van der Waals surface area contributed by atoms with Crippen LogP contribution in [-0.4, -0.2) is 33.0 Å². The fourth-order valence-corrected chi connectivity index (χ4v) is 3.24. The zero-order valence-corrected chi connectivity index (χ0v) is 13.3. The number of hydrogen-bond acceptors (Lipinski definition) is 5. The minimum absolute atomic E-state index is 0.278. The number of nitrogens with zero attached hydrogens (tertiary/aromatic N) is 1. The summed E-state index contributed by atoms with van der Waals surface area (Å²) in [6.07, 6.45) is 0.865. The highest BCUT2D eigenvalue weighted by Gasteiger charge is 2.23. The Labute approximate surface area is 130 Å². The maximum Gasteiger partial charge on any atom is 0.326 e. The van der Waals surface area contributed by atoms with E-state index in [4.69, 9.17) is 5.11 Å². The first-order valence-corrected chi connectivity index (χ1v) is 7.76. The molecule has 0 saturated carbocycles. The summed E-state index contributed by atoms with van der Waals surface area (Å²) in [5.41, 5.74) is 0.245. The van der Waals surface area contributed by atoms with Crippen LogP contribution in [0.15, 0.2) is 4.79 Å². The Morgan fingerprint density at radius 1 is 1.41 bits per heavy atom. The lowest BCUT2D eigenvalue weighted by Crippen LogP contribution is -2.40. The lowest BCUT2D eigenvalue weighted by Gasteiger charge is -2.11. The van der Waals surface area contributed by atoms with Crippen LogP contribution in [0, 0.1) is 6.92 Å². The van der Waals surface area contributed by atoms with Crippen molar-refractivity contribution in [2.45, 2.75) is 39.7 Å². The number of carbonyl (C=O) groups is 2. The van der Waals surface area contributed by atoms with Gasteiger partial charge in [0.2, 0.25) is 0 Å². The molecule has 0 bridgehead atoms. The summed E-state index contributed by atoms with van der Waals surface area (Å²) in [4.78, 5) is 43.2. The van der Waals surface area contributed by atoms with Crippen molar-refractivity contribution in [1.82, 2.24) is 15.3 Å². The highest BCUT2D eigenvalue weighted by Crippen LogP contribution is 2.27. The van der Waals surface area contributed by atoms with E-state index in [1.807, 2.05) is 6.92 Å². The Morgan fingerprint density at radius 3 is 2.64 bits per heavy atom. The first kappa shape index (κ1) is 16.2. The quantitative estimate of drug-likeness (QED) is 0.771. The van der Waals surface area contributed by atoms with Crippen molar-refractivity contribution < 1.29 is 14.7 Å². The smallest absolute Gasteiger partial charge is 0.326 e. The van der Waals surface area contributed by atoms with Gasteiger partial charge in [-0.25, -0.2) is 9.78 Å². The van der Waals surface area contributed by atoms with E-state index >= 15 is 0 Å². The summed E-state index contributed by atoms with van der Waals surface area (Å²) < 4.78 is 0. The zero-order chi connectivity index (χ0) is 16.4. The van der Waals surface area contributed by atoms with E-state index in [1.54, 1.807) is 13.8 Å². The van der Waals surface area contributed by atoms with E-state index in [1.165, 1.54) is 0 Å². The molecule has 0 spiro atoms. The standard InChI is InChI=1S/C14H17N3O4S/c1-4-7(14(20)21)15-12(19)10-6(3)9-11(18)16-8(5-2)17-13(9)22-10/h7H,4-5H2,1-3H3,(H,15,19)(H,20,21)(H,16,17,18). The van der Waals surface area contributed by atoms with Crippen molar-refractivity contribution >= 4 is 33.4 Å². The largest absolute Gasteiger partial charge is 0.480 e. The average Bonchev–Trinajstić information content (AvgIpc) is 2.81. The first-order chi connectivity index (χ1) is 10.4. The van der Waals surface area contributed by atoms with Crippen molar-refractivity contribution in [2.24, 2.45) is 0 Å². The van der Waals surface area contributed by atoms with E-state index < -0.39 is 17.9 Å². The minimum Gasteiger partial charge on any atom is -0.480 e. The van der Waals surface area contributed by atoms with Gasteiger partial charge in [-0.1, -0.05) is 13.8 Å². The van der Waals surface area contributed by atoms with Crippen LogP contribution in [0.25, 0.3) is 10.2 Å². The predicted octanol–water partition coefficient (Wildman–Crippen LogP) is 1.45. The molecule has 2 aromatic rings. The van der Waals surface area contributed by atoms with Crippen molar-refractivity contribution in [3.63, 3.8) is 0 Å². The number of aromatic amines is 1. The number of carbonyl (C=O) groups excluding carboxylic acids is 1. The molecule has 1 unspecified atom stereocenters. The number of aliphatic carboxylic acids is 1. The number of aryl methyl sites for hydroxylation is 2. The summed E-state index contributed by atoms with van der Waals surface area (Å²) >= 11 is 1.10. The van der Waals surface area contributed by atoms with Gasteiger partial charge in [-0.05, 0) is 18.9 Å². The highest BCUT2D eigenvalue weighted by molar-refractivity contribution is 7.20. The Bertz CT molecular complexity index is 793. The van der Waals surface area contributed by atoms with Gasteiger partial charge < -0.3 is 15.4 Å². The molecule has 0 aliphatic rings. The van der Waals surface area contributed by atoms with E-state index in [0.29, 0.717) is 32.9 Å². The molecule has 3 N–H and O–H groups in total. The van der Waals surface area contributed by atoms with E-state index in [-0.39, 0.29) is 12.0 Å². The van der Waals surface area contributed by atoms with Gasteiger partial charge in [-0.15, -0.1) is 11.3 Å². The van der Waals surface area contributed by atoms with Gasteiger partial charge in [-0.2, -0.15) is 0 Å². The van der Waals surface area contributed by atoms with Crippen LogP contribution in [0.2, 0.25) is 0 Å². The molecule has 118 valence electrons. The lowest BCUT2D eigenvalue weighted by molar-refractivity contribution is -0.139. The number of nitrogens with one attached hydrogen (secondary N) is 2. The van der Waals surface area contributed by atoms with Crippen LogP contribution in [0.5, 0.6) is 0 Å². The van der Waals surface area contributed by atoms with Gasteiger partial charge in [-0.3, -0.25) is 9.59 Å². The van der Waals surface area contributed by atoms with Crippen molar-refractivity contribution in [3.8, 4) is 0 Å². The molecule has 7 nitrogen and oxygen atoms in total. The molecule has 0 aliphatic carbocycles. The van der Waals surface area contributed by atoms with Crippen molar-refractivity contribution in [2.75, 3.05) is 0 Å². The number of hydrogen-bond donors (Lipinski definition) is 3. The molecule has 2 heterocycles. The fraction of sp³-hybridized carbons (Fsp3) is 0.429. The molecule has 1 amide bonds. The SMILES string of the molecule is CCc1nc2sc(C(=O)NC(CC)C(=O)O)c(C)c2c(=O)[nH]1. The molecule has 8 heteroatoms. The second kappa shape index (κ2) is 6.27. The predicted molar refractivity (Wildman–Crippen MR) is 83.5 cm³/mol. The Balaban J connectivity index is 2.46. The molecular formula is C14H17N3O4S. The second-order valence-electron chi connectivity index (χ2n) is 4.88. The number of aromatic nitrogens is 2. The van der Waals surface area contributed by atoms with E-state index in [2.05, 4.69) is 15.3 Å². The van der Waals surface area contributed by atoms with Crippen LogP contribution in [-0.2, 0) is 11.2 Å². The van der Waals surface area contributed by atoms with Crippen LogP contribution < -0.4 is 10.9 Å². The van der Waals surface area contributed by atoms with Crippen LogP contribution in [0.1, 0.15) is 41.3 Å². The number of amides is 1. The van der Waals surface area contributed by atoms with Crippen LogP contribution in [0.3, 0.4) is 0 Å². The van der Waals surface area contributed by atoms with Gasteiger partial charge in [0.15, 0.2) is 0 Å². The van der Waals surface area contributed by atoms with Crippen molar-refractivity contribution in [1.29, 1.82) is 0 Å². The Morgan fingerprint density at radius 2 is 2.09 bits per heavy atom. The van der Waals surface area contributed by atoms with Gasteiger partial charge in [0.25, 0.3) is 11.5 Å². The number of H-pyrrole nitrogens is 1. The van der Waals surface area contributed by atoms with Crippen molar-refractivity contribution in [3.05, 3.63) is 26.6 Å². The summed E-state index contributed by atoms with van der Waals surface area (Å²) in [6.45, 7) is 5.21. The number of thiophene rings is 1. The molecule has 0 saturated heterocycles. The van der Waals surface area contributed by atoms with Gasteiger partial charge in [0, 0.05) is 6.42 Å². The molecule has 2 rings (SSSR count). The number of rotatable bonds is 5. The third kappa shape index (κ3) is 2.87. The maximum absolute atomic E-state index is 12.3. The third-order valence-electron chi connectivity index (χ3n) is 3.40. The molecule has 0 radical (unpaired) electrons. The summed E-state index contributed by atoms with van der Waals surface area (Å²) in [7, 11) is 0. The van der Waals surface area contributed by atoms with Crippen LogP contribution >= 0.6 is 11.3 Å². The second-order valence-corrected chi connectivity index (χ2v) is 5.87. The molecule has 22 heavy (non-hydrogen) atoms. The summed E-state index contributed by atoms with van der Waals surface area (Å²) in [6, 6.07) is -0.949. The minimum atomic E-state index is -1.08.